The molecule has 0 spiro atoms. The van der Waals surface area contributed by atoms with E-state index >= 15 is 0 Å². The van der Waals surface area contributed by atoms with E-state index in [-0.39, 0.29) is 17.8 Å². The average Bonchev–Trinajstić information content (AvgIpc) is 3.24. The minimum atomic E-state index is -0.165. The third-order valence-electron chi connectivity index (χ3n) is 3.03. The highest BCUT2D eigenvalue weighted by molar-refractivity contribution is 7.99. The van der Waals surface area contributed by atoms with Gasteiger partial charge in [0.05, 0.1) is 6.26 Å². The Balaban J connectivity index is 1.40. The molecule has 0 atom stereocenters. The molecular weight excluding hydrogens is 350 g/mol. The van der Waals surface area contributed by atoms with Gasteiger partial charge >= 0.3 is 6.01 Å². The van der Waals surface area contributed by atoms with Crippen LogP contribution in [0.3, 0.4) is 0 Å². The molecular formula is C16H14ClN3O3S. The number of rotatable bonds is 7. The monoisotopic (exact) mass is 363 g/mol. The summed E-state index contributed by atoms with van der Waals surface area (Å²) in [5, 5.41) is 10.9. The molecule has 0 aliphatic rings. The molecule has 6 nitrogen and oxygen atoms in total. The van der Waals surface area contributed by atoms with Crippen LogP contribution in [0.1, 0.15) is 12.8 Å². The molecule has 0 bridgehead atoms. The van der Waals surface area contributed by atoms with Crippen LogP contribution in [0.25, 0.3) is 11.7 Å². The van der Waals surface area contributed by atoms with Crippen molar-refractivity contribution < 1.29 is 13.6 Å². The quantitative estimate of drug-likeness (QED) is 0.492. The molecule has 2 aromatic heterocycles. The third kappa shape index (κ3) is 4.62. The van der Waals surface area contributed by atoms with Crippen molar-refractivity contribution in [3.63, 3.8) is 0 Å². The van der Waals surface area contributed by atoms with Gasteiger partial charge in [-0.1, -0.05) is 16.7 Å². The second-order valence-corrected chi connectivity index (χ2v) is 6.45. The van der Waals surface area contributed by atoms with Crippen LogP contribution in [-0.4, -0.2) is 21.9 Å². The van der Waals surface area contributed by atoms with E-state index in [2.05, 4.69) is 15.5 Å². The third-order valence-corrected chi connectivity index (χ3v) is 4.38. The van der Waals surface area contributed by atoms with Crippen LogP contribution in [0.15, 0.2) is 56.4 Å². The van der Waals surface area contributed by atoms with E-state index in [1.807, 2.05) is 24.3 Å². The maximum Gasteiger partial charge on any atom is 0.322 e. The summed E-state index contributed by atoms with van der Waals surface area (Å²) in [6.07, 6.45) is 2.62. The van der Waals surface area contributed by atoms with Crippen molar-refractivity contribution in [2.45, 2.75) is 17.7 Å². The molecule has 0 saturated carbocycles. The lowest BCUT2D eigenvalue weighted by Gasteiger charge is -2.02. The van der Waals surface area contributed by atoms with E-state index in [1.54, 1.807) is 23.9 Å². The number of carbonyl (C=O) groups is 1. The van der Waals surface area contributed by atoms with Crippen LogP contribution in [0.2, 0.25) is 5.02 Å². The van der Waals surface area contributed by atoms with E-state index in [1.165, 1.54) is 6.26 Å². The Morgan fingerprint density at radius 1 is 1.21 bits per heavy atom. The van der Waals surface area contributed by atoms with Gasteiger partial charge in [0.1, 0.15) is 0 Å². The molecule has 8 heteroatoms. The SMILES string of the molecule is O=C(CCCSc1ccc(Cl)cc1)Nc1nnc(-c2ccco2)o1. The standard InChI is InChI=1S/C16H14ClN3O3S/c17-11-5-7-12(8-6-11)24-10-2-4-14(21)18-16-20-19-15(23-16)13-3-1-9-22-13/h1,3,5-9H,2,4,10H2,(H,18,20,21). The van der Waals surface area contributed by atoms with Gasteiger partial charge < -0.3 is 8.83 Å². The molecule has 0 aliphatic heterocycles. The lowest BCUT2D eigenvalue weighted by molar-refractivity contribution is -0.116. The molecule has 1 aromatic carbocycles. The lowest BCUT2D eigenvalue weighted by atomic mass is 10.3. The van der Waals surface area contributed by atoms with Crippen molar-refractivity contribution in [3.8, 4) is 11.7 Å². The first kappa shape index (κ1) is 16.6. The molecule has 1 amide bonds. The first-order valence-corrected chi connectivity index (χ1v) is 8.63. The lowest BCUT2D eigenvalue weighted by Crippen LogP contribution is -2.11. The summed E-state index contributed by atoms with van der Waals surface area (Å²) < 4.78 is 10.5. The number of furan rings is 1. The van der Waals surface area contributed by atoms with Crippen molar-refractivity contribution in [3.05, 3.63) is 47.7 Å². The Bertz CT molecular complexity index is 787. The zero-order chi connectivity index (χ0) is 16.8. The Kier molecular flexibility index (Phi) is 5.55. The van der Waals surface area contributed by atoms with E-state index in [9.17, 15) is 4.79 Å². The maximum absolute atomic E-state index is 11.9. The predicted molar refractivity (Wildman–Crippen MR) is 92.0 cm³/mol. The number of hydrogen-bond acceptors (Lipinski definition) is 6. The zero-order valence-corrected chi connectivity index (χ0v) is 14.1. The number of thioether (sulfide) groups is 1. The second-order valence-electron chi connectivity index (χ2n) is 4.84. The largest absolute Gasteiger partial charge is 0.459 e. The highest BCUT2D eigenvalue weighted by Gasteiger charge is 2.12. The molecule has 0 saturated heterocycles. The van der Waals surface area contributed by atoms with Crippen LogP contribution < -0.4 is 5.32 Å². The second kappa shape index (κ2) is 8.03. The number of halogens is 1. The molecule has 1 N–H and O–H groups in total. The Hall–Kier alpha value is -2.25. The number of amides is 1. The van der Waals surface area contributed by atoms with Gasteiger partial charge in [-0.05, 0) is 48.6 Å². The summed E-state index contributed by atoms with van der Waals surface area (Å²) in [7, 11) is 0. The number of carbonyl (C=O) groups excluding carboxylic acids is 1. The summed E-state index contributed by atoms with van der Waals surface area (Å²) in [6.45, 7) is 0. The van der Waals surface area contributed by atoms with Crippen molar-refractivity contribution in [1.82, 2.24) is 10.2 Å². The van der Waals surface area contributed by atoms with Gasteiger partial charge in [-0.15, -0.1) is 16.9 Å². The molecule has 2 heterocycles. The topological polar surface area (TPSA) is 81.2 Å². The van der Waals surface area contributed by atoms with Gasteiger partial charge in [0, 0.05) is 16.3 Å². The Labute approximate surface area is 147 Å². The van der Waals surface area contributed by atoms with Gasteiger partial charge in [0.25, 0.3) is 5.89 Å². The smallest absolute Gasteiger partial charge is 0.322 e. The molecule has 0 radical (unpaired) electrons. The zero-order valence-electron chi connectivity index (χ0n) is 12.6. The van der Waals surface area contributed by atoms with Gasteiger partial charge in [0.2, 0.25) is 5.91 Å². The summed E-state index contributed by atoms with van der Waals surface area (Å²) in [5.74, 6) is 1.36. The average molecular weight is 364 g/mol. The molecule has 0 fully saturated rings. The van der Waals surface area contributed by atoms with Gasteiger partial charge in [-0.3, -0.25) is 10.1 Å². The maximum atomic E-state index is 11.9. The fourth-order valence-electron chi connectivity index (χ4n) is 1.91. The molecule has 24 heavy (non-hydrogen) atoms. The first-order chi connectivity index (χ1) is 11.7. The number of nitrogens with one attached hydrogen (secondary N) is 1. The summed E-state index contributed by atoms with van der Waals surface area (Å²) >= 11 is 7.52. The van der Waals surface area contributed by atoms with Crippen molar-refractivity contribution >= 4 is 35.3 Å². The van der Waals surface area contributed by atoms with E-state index < -0.39 is 0 Å². The van der Waals surface area contributed by atoms with Gasteiger partial charge in [-0.25, -0.2) is 0 Å². The fraction of sp³-hybridized carbons (Fsp3) is 0.188. The van der Waals surface area contributed by atoms with Crippen LogP contribution in [0.4, 0.5) is 6.01 Å². The van der Waals surface area contributed by atoms with E-state index in [0.29, 0.717) is 17.2 Å². The summed E-state index contributed by atoms with van der Waals surface area (Å²) in [5.41, 5.74) is 0. The fourth-order valence-corrected chi connectivity index (χ4v) is 2.89. The minimum Gasteiger partial charge on any atom is -0.459 e. The van der Waals surface area contributed by atoms with Crippen molar-refractivity contribution in [2.24, 2.45) is 0 Å². The Morgan fingerprint density at radius 3 is 2.79 bits per heavy atom. The molecule has 0 unspecified atom stereocenters. The normalized spacial score (nSPS) is 10.7. The van der Waals surface area contributed by atoms with Gasteiger partial charge in [0.15, 0.2) is 5.76 Å². The van der Waals surface area contributed by atoms with Crippen LogP contribution in [0, 0.1) is 0 Å². The molecule has 3 rings (SSSR count). The van der Waals surface area contributed by atoms with E-state index in [4.69, 9.17) is 20.4 Å². The number of hydrogen-bond donors (Lipinski definition) is 1. The molecule has 124 valence electrons. The number of anilines is 1. The minimum absolute atomic E-state index is 0.0664. The summed E-state index contributed by atoms with van der Waals surface area (Å²) in [4.78, 5) is 13.0. The van der Waals surface area contributed by atoms with Crippen molar-refractivity contribution in [2.75, 3.05) is 11.1 Å². The first-order valence-electron chi connectivity index (χ1n) is 7.26. The Morgan fingerprint density at radius 2 is 2.04 bits per heavy atom. The number of benzene rings is 1. The van der Waals surface area contributed by atoms with E-state index in [0.717, 1.165) is 17.1 Å². The van der Waals surface area contributed by atoms with Crippen LogP contribution >= 0.6 is 23.4 Å². The molecule has 0 aliphatic carbocycles. The summed E-state index contributed by atoms with van der Waals surface area (Å²) in [6, 6.07) is 11.1. The van der Waals surface area contributed by atoms with Crippen LogP contribution in [-0.2, 0) is 4.79 Å². The molecule has 3 aromatic rings. The van der Waals surface area contributed by atoms with Gasteiger partial charge in [-0.2, -0.15) is 0 Å². The predicted octanol–water partition coefficient (Wildman–Crippen LogP) is 4.49. The number of nitrogens with zero attached hydrogens (tertiary/aromatic N) is 2. The van der Waals surface area contributed by atoms with Crippen LogP contribution in [0.5, 0.6) is 0 Å². The number of aromatic nitrogens is 2. The van der Waals surface area contributed by atoms with Crippen molar-refractivity contribution in [1.29, 1.82) is 0 Å². The highest BCUT2D eigenvalue weighted by Crippen LogP contribution is 2.22. The highest BCUT2D eigenvalue weighted by atomic mass is 35.5.